The Balaban J connectivity index is 2.16. The number of hydrogen-bond donors (Lipinski definition) is 0. The minimum atomic E-state index is 0.401. The molecule has 1 atom stereocenters. The van der Waals surface area contributed by atoms with Crippen LogP contribution in [0.3, 0.4) is 0 Å². The lowest BCUT2D eigenvalue weighted by molar-refractivity contribution is 0.774. The highest BCUT2D eigenvalue weighted by atomic mass is 79.9. The molecule has 1 heterocycles. The van der Waals surface area contributed by atoms with Crippen molar-refractivity contribution < 1.29 is 0 Å². The van der Waals surface area contributed by atoms with E-state index in [0.29, 0.717) is 11.8 Å². The molecule has 0 fully saturated rings. The second-order valence-corrected chi connectivity index (χ2v) is 5.82. The summed E-state index contributed by atoms with van der Waals surface area (Å²) in [5.74, 6) is 1.06. The summed E-state index contributed by atoms with van der Waals surface area (Å²) in [6, 6.07) is 12.6. The van der Waals surface area contributed by atoms with Crippen molar-refractivity contribution in [2.75, 3.05) is 5.88 Å². The van der Waals surface area contributed by atoms with E-state index in [2.05, 4.69) is 51.6 Å². The maximum Gasteiger partial charge on any atom is 0.0314 e. The molecule has 0 aliphatic rings. The number of benzene rings is 1. The molecule has 2 aromatic rings. The van der Waals surface area contributed by atoms with Crippen molar-refractivity contribution in [2.45, 2.75) is 12.3 Å². The van der Waals surface area contributed by atoms with Crippen LogP contribution in [-0.4, -0.2) is 5.88 Å². The fourth-order valence-corrected chi connectivity index (χ4v) is 3.56. The Bertz CT molecular complexity index is 438. The molecule has 0 N–H and O–H groups in total. The molecule has 3 heteroatoms. The molecular formula is C13H12BrClS. The average molecular weight is 316 g/mol. The number of hydrogen-bond acceptors (Lipinski definition) is 1. The maximum atomic E-state index is 6.06. The van der Waals surface area contributed by atoms with Gasteiger partial charge in [0.25, 0.3) is 0 Å². The SMILES string of the molecule is ClCC(Cc1sccc1Br)c1ccccc1. The Hall–Kier alpha value is -0.310. The zero-order valence-corrected chi connectivity index (χ0v) is 11.9. The largest absolute Gasteiger partial charge is 0.148 e. The molecule has 0 spiro atoms. The van der Waals surface area contributed by atoms with Crippen LogP contribution in [0.4, 0.5) is 0 Å². The van der Waals surface area contributed by atoms with Gasteiger partial charge in [-0.15, -0.1) is 22.9 Å². The van der Waals surface area contributed by atoms with E-state index >= 15 is 0 Å². The third kappa shape index (κ3) is 2.88. The van der Waals surface area contributed by atoms with Gasteiger partial charge in [0, 0.05) is 21.1 Å². The van der Waals surface area contributed by atoms with E-state index in [1.54, 1.807) is 11.3 Å². The number of thiophene rings is 1. The first kappa shape index (κ1) is 12.2. The molecule has 0 aliphatic heterocycles. The summed E-state index contributed by atoms with van der Waals surface area (Å²) in [6.45, 7) is 0. The van der Waals surface area contributed by atoms with Crippen LogP contribution in [0.2, 0.25) is 0 Å². The van der Waals surface area contributed by atoms with E-state index < -0.39 is 0 Å². The molecule has 0 saturated carbocycles. The summed E-state index contributed by atoms with van der Waals surface area (Å²) in [4.78, 5) is 1.37. The molecule has 1 unspecified atom stereocenters. The van der Waals surface area contributed by atoms with E-state index in [-0.39, 0.29) is 0 Å². The quantitative estimate of drug-likeness (QED) is 0.691. The van der Waals surface area contributed by atoms with Crippen LogP contribution in [0.1, 0.15) is 16.4 Å². The van der Waals surface area contributed by atoms with Gasteiger partial charge in [0.05, 0.1) is 0 Å². The van der Waals surface area contributed by atoms with Crippen LogP contribution in [-0.2, 0) is 6.42 Å². The topological polar surface area (TPSA) is 0 Å². The molecule has 1 aromatic heterocycles. The summed E-state index contributed by atoms with van der Waals surface area (Å²) in [5, 5.41) is 2.11. The van der Waals surface area contributed by atoms with Gasteiger partial charge in [-0.2, -0.15) is 0 Å². The van der Waals surface area contributed by atoms with Crippen LogP contribution in [0.25, 0.3) is 0 Å². The average Bonchev–Trinajstić information content (AvgIpc) is 2.73. The van der Waals surface area contributed by atoms with Crippen LogP contribution in [0.5, 0.6) is 0 Å². The molecule has 16 heavy (non-hydrogen) atoms. The summed E-state index contributed by atoms with van der Waals surface area (Å²) >= 11 is 11.4. The van der Waals surface area contributed by atoms with Crippen LogP contribution < -0.4 is 0 Å². The van der Waals surface area contributed by atoms with Crippen molar-refractivity contribution in [1.82, 2.24) is 0 Å². The molecule has 2 rings (SSSR count). The van der Waals surface area contributed by atoms with Crippen LogP contribution in [0, 0.1) is 0 Å². The first-order chi connectivity index (χ1) is 7.81. The van der Waals surface area contributed by atoms with Crippen LogP contribution >= 0.6 is 38.9 Å². The first-order valence-electron chi connectivity index (χ1n) is 5.14. The van der Waals surface area contributed by atoms with Gasteiger partial charge in [-0.05, 0) is 39.4 Å². The van der Waals surface area contributed by atoms with Gasteiger partial charge in [-0.3, -0.25) is 0 Å². The minimum absolute atomic E-state index is 0.401. The third-order valence-corrected chi connectivity index (χ3v) is 4.90. The highest BCUT2D eigenvalue weighted by Crippen LogP contribution is 2.29. The van der Waals surface area contributed by atoms with Crippen molar-refractivity contribution >= 4 is 38.9 Å². The monoisotopic (exact) mass is 314 g/mol. The summed E-state index contributed by atoms with van der Waals surface area (Å²) in [6.07, 6.45) is 1.01. The first-order valence-corrected chi connectivity index (χ1v) is 7.34. The maximum absolute atomic E-state index is 6.06. The molecule has 1 aromatic carbocycles. The smallest absolute Gasteiger partial charge is 0.0314 e. The molecule has 0 amide bonds. The summed E-state index contributed by atoms with van der Waals surface area (Å²) in [5.41, 5.74) is 1.32. The Morgan fingerprint density at radius 1 is 1.19 bits per heavy atom. The minimum Gasteiger partial charge on any atom is -0.148 e. The number of rotatable bonds is 4. The van der Waals surface area contributed by atoms with E-state index in [4.69, 9.17) is 11.6 Å². The van der Waals surface area contributed by atoms with Crippen molar-refractivity contribution in [3.63, 3.8) is 0 Å². The van der Waals surface area contributed by atoms with E-state index in [9.17, 15) is 0 Å². The number of alkyl halides is 1. The highest BCUT2D eigenvalue weighted by Gasteiger charge is 2.13. The van der Waals surface area contributed by atoms with Gasteiger partial charge in [0.2, 0.25) is 0 Å². The van der Waals surface area contributed by atoms with Gasteiger partial charge >= 0.3 is 0 Å². The van der Waals surface area contributed by atoms with Gasteiger partial charge in [-0.1, -0.05) is 30.3 Å². The molecular weight excluding hydrogens is 304 g/mol. The van der Waals surface area contributed by atoms with Crippen molar-refractivity contribution in [3.05, 3.63) is 56.7 Å². The summed E-state index contributed by atoms with van der Waals surface area (Å²) in [7, 11) is 0. The van der Waals surface area contributed by atoms with Gasteiger partial charge in [0.1, 0.15) is 0 Å². The van der Waals surface area contributed by atoms with Crippen molar-refractivity contribution in [2.24, 2.45) is 0 Å². The van der Waals surface area contributed by atoms with Crippen molar-refractivity contribution in [1.29, 1.82) is 0 Å². The molecule has 0 saturated heterocycles. The standard InChI is InChI=1S/C13H12BrClS/c14-12-6-7-16-13(12)8-11(9-15)10-4-2-1-3-5-10/h1-7,11H,8-9H2. The summed E-state index contributed by atoms with van der Waals surface area (Å²) < 4.78 is 1.20. The zero-order chi connectivity index (χ0) is 11.4. The van der Waals surface area contributed by atoms with Crippen molar-refractivity contribution in [3.8, 4) is 0 Å². The third-order valence-electron chi connectivity index (χ3n) is 2.58. The highest BCUT2D eigenvalue weighted by molar-refractivity contribution is 9.10. The fourth-order valence-electron chi connectivity index (χ4n) is 1.68. The fraction of sp³-hybridized carbons (Fsp3) is 0.231. The van der Waals surface area contributed by atoms with Gasteiger partial charge < -0.3 is 0 Å². The molecule has 0 radical (unpaired) electrons. The Labute approximate surface area is 113 Å². The van der Waals surface area contributed by atoms with Crippen LogP contribution in [0.15, 0.2) is 46.3 Å². The van der Waals surface area contributed by atoms with E-state index in [0.717, 1.165) is 6.42 Å². The van der Waals surface area contributed by atoms with E-state index in [1.807, 2.05) is 6.07 Å². The zero-order valence-electron chi connectivity index (χ0n) is 8.70. The van der Waals surface area contributed by atoms with Gasteiger partial charge in [-0.25, -0.2) is 0 Å². The molecule has 0 aliphatic carbocycles. The van der Waals surface area contributed by atoms with Gasteiger partial charge in [0.15, 0.2) is 0 Å². The lowest BCUT2D eigenvalue weighted by atomic mass is 9.97. The second kappa shape index (κ2) is 5.85. The Morgan fingerprint density at radius 2 is 1.94 bits per heavy atom. The Kier molecular flexibility index (Phi) is 4.45. The predicted molar refractivity (Wildman–Crippen MR) is 75.6 cm³/mol. The number of halogens is 2. The Morgan fingerprint density at radius 3 is 2.50 bits per heavy atom. The second-order valence-electron chi connectivity index (χ2n) is 3.66. The lowest BCUT2D eigenvalue weighted by Gasteiger charge is -2.13. The molecule has 0 nitrogen and oxygen atoms in total. The van der Waals surface area contributed by atoms with E-state index in [1.165, 1.54) is 14.9 Å². The lowest BCUT2D eigenvalue weighted by Crippen LogP contribution is -2.03. The predicted octanol–water partition coefficient (Wildman–Crippen LogP) is 5.08. The molecule has 0 bridgehead atoms. The normalized spacial score (nSPS) is 12.6. The molecule has 84 valence electrons.